The van der Waals surface area contributed by atoms with Gasteiger partial charge >= 0.3 is 0 Å². The molecule has 10 heteroatoms. The minimum atomic E-state index is -0.147. The number of aromatic nitrogens is 5. The molecule has 0 saturated heterocycles. The minimum absolute atomic E-state index is 0.126. The molecule has 200 valence electrons. The maximum absolute atomic E-state index is 13.8. The van der Waals surface area contributed by atoms with E-state index in [1.165, 1.54) is 6.33 Å². The lowest BCUT2D eigenvalue weighted by Crippen LogP contribution is -2.25. The van der Waals surface area contributed by atoms with Crippen LogP contribution in [0.25, 0.3) is 22.1 Å². The zero-order chi connectivity index (χ0) is 28.4. The highest BCUT2D eigenvalue weighted by atomic mass is 16.1. The summed E-state index contributed by atoms with van der Waals surface area (Å²) in [4.78, 5) is 26.5. The van der Waals surface area contributed by atoms with Crippen molar-refractivity contribution in [3.63, 3.8) is 0 Å². The third kappa shape index (κ3) is 4.73. The summed E-state index contributed by atoms with van der Waals surface area (Å²) < 4.78 is 3.39. The molecule has 4 heterocycles. The number of nitrogens with zero attached hydrogens (tertiary/aromatic N) is 5. The van der Waals surface area contributed by atoms with E-state index in [-0.39, 0.29) is 23.6 Å². The molecule has 5 rings (SSSR count). The molecule has 1 aromatic carbocycles. The fraction of sp³-hybridized carbons (Fsp3) is 0.100. The summed E-state index contributed by atoms with van der Waals surface area (Å²) >= 11 is 0. The number of imidazole rings is 1. The molecule has 0 atom stereocenters. The highest BCUT2D eigenvalue weighted by molar-refractivity contribution is 6.16. The molecule has 0 bridgehead atoms. The summed E-state index contributed by atoms with van der Waals surface area (Å²) in [6.07, 6.45) is 12.0. The minimum Gasteiger partial charge on any atom is -0.383 e. The molecule has 0 amide bonds. The normalized spacial score (nSPS) is 11.9. The maximum atomic E-state index is 13.8. The highest BCUT2D eigenvalue weighted by Crippen LogP contribution is 2.24. The van der Waals surface area contributed by atoms with Crippen molar-refractivity contribution in [2.24, 2.45) is 0 Å². The molecule has 0 aliphatic carbocycles. The second kappa shape index (κ2) is 10.7. The Bertz CT molecular complexity index is 1910. The van der Waals surface area contributed by atoms with Gasteiger partial charge in [-0.2, -0.15) is 0 Å². The van der Waals surface area contributed by atoms with E-state index in [4.69, 9.17) is 16.9 Å². The third-order valence-corrected chi connectivity index (χ3v) is 6.58. The van der Waals surface area contributed by atoms with Gasteiger partial charge in [0.15, 0.2) is 0 Å². The smallest absolute Gasteiger partial charge is 0.263 e. The average Bonchev–Trinajstić information content (AvgIpc) is 3.32. The van der Waals surface area contributed by atoms with Gasteiger partial charge in [0.2, 0.25) is 0 Å². The van der Waals surface area contributed by atoms with Crippen molar-refractivity contribution in [2.75, 3.05) is 16.8 Å². The van der Waals surface area contributed by atoms with E-state index in [1.54, 1.807) is 39.6 Å². The Kier molecular flexibility index (Phi) is 6.98. The van der Waals surface area contributed by atoms with Gasteiger partial charge in [0.05, 0.1) is 29.4 Å². The van der Waals surface area contributed by atoms with Gasteiger partial charge in [-0.05, 0) is 55.1 Å². The van der Waals surface area contributed by atoms with Crippen LogP contribution in [0.4, 0.5) is 17.5 Å². The van der Waals surface area contributed by atoms with Crippen LogP contribution in [-0.2, 0) is 6.54 Å². The predicted octanol–water partition coefficient (Wildman–Crippen LogP) is 4.54. The fourth-order valence-corrected chi connectivity index (χ4v) is 4.69. The molecule has 0 fully saturated rings. The van der Waals surface area contributed by atoms with Gasteiger partial charge in [0, 0.05) is 23.2 Å². The van der Waals surface area contributed by atoms with E-state index < -0.39 is 0 Å². The Balaban J connectivity index is 1.58. The number of hydrogen-bond acceptors (Lipinski definition) is 8. The molecule has 6 N–H and O–H groups in total. The number of fused-ring (bicyclic) bond motifs is 2. The zero-order valence-corrected chi connectivity index (χ0v) is 22.2. The van der Waals surface area contributed by atoms with Gasteiger partial charge in [0.25, 0.3) is 5.56 Å². The summed E-state index contributed by atoms with van der Waals surface area (Å²) in [7, 11) is 0. The van der Waals surface area contributed by atoms with Crippen molar-refractivity contribution in [1.82, 2.24) is 23.9 Å². The van der Waals surface area contributed by atoms with Crippen LogP contribution in [-0.4, -0.2) is 29.6 Å². The Morgan fingerprint density at radius 3 is 2.77 bits per heavy atom. The Hall–Kier alpha value is -5.51. The van der Waals surface area contributed by atoms with E-state index in [2.05, 4.69) is 26.8 Å². The van der Waals surface area contributed by atoms with Crippen molar-refractivity contribution >= 4 is 45.3 Å². The summed E-state index contributed by atoms with van der Waals surface area (Å²) in [5.74, 6) is 0.898. The third-order valence-electron chi connectivity index (χ3n) is 6.58. The lowest BCUT2D eigenvalue weighted by Gasteiger charge is -2.18. The van der Waals surface area contributed by atoms with Crippen molar-refractivity contribution in [2.45, 2.75) is 20.4 Å². The first-order chi connectivity index (χ1) is 19.3. The zero-order valence-electron chi connectivity index (χ0n) is 22.2. The van der Waals surface area contributed by atoms with E-state index in [0.717, 1.165) is 10.9 Å². The van der Waals surface area contributed by atoms with E-state index in [0.29, 0.717) is 45.2 Å². The summed E-state index contributed by atoms with van der Waals surface area (Å²) in [6.45, 7) is 7.98. The molecule has 4 aromatic heterocycles. The first kappa shape index (κ1) is 26.1. The highest BCUT2D eigenvalue weighted by Gasteiger charge is 2.19. The number of allylic oxidation sites excluding steroid dienone is 5. The SMILES string of the molecule is C=C/C(=C\C=C/C)n1c(CNc2ncnc(N)c2C(=N)c2ccc3nc(N)cn3c2)cc2cccc(C)c2c1=O. The van der Waals surface area contributed by atoms with Gasteiger partial charge in [0.1, 0.15) is 29.4 Å². The molecule has 10 nitrogen and oxygen atoms in total. The van der Waals surface area contributed by atoms with Crippen LogP contribution in [0.2, 0.25) is 0 Å². The first-order valence-electron chi connectivity index (χ1n) is 12.6. The quantitative estimate of drug-likeness (QED) is 0.169. The number of anilines is 3. The number of pyridine rings is 2. The van der Waals surface area contributed by atoms with Gasteiger partial charge in [-0.1, -0.05) is 36.9 Å². The van der Waals surface area contributed by atoms with E-state index >= 15 is 0 Å². The van der Waals surface area contributed by atoms with Gasteiger partial charge in [-0.3, -0.25) is 14.8 Å². The van der Waals surface area contributed by atoms with Gasteiger partial charge in [-0.15, -0.1) is 0 Å². The number of rotatable bonds is 8. The number of nitrogens with one attached hydrogen (secondary N) is 2. The molecule has 40 heavy (non-hydrogen) atoms. The van der Waals surface area contributed by atoms with E-state index in [1.807, 2.05) is 56.3 Å². The molecule has 5 aromatic rings. The molecular formula is C30H29N9O. The Morgan fingerprint density at radius 1 is 1.18 bits per heavy atom. The lowest BCUT2D eigenvalue weighted by molar-refractivity contribution is 0.911. The molecule has 0 radical (unpaired) electrons. The summed E-state index contributed by atoms with van der Waals surface area (Å²) in [6, 6.07) is 11.3. The Labute approximate surface area is 230 Å². The molecule has 0 unspecified atom stereocenters. The summed E-state index contributed by atoms with van der Waals surface area (Å²) in [5, 5.41) is 13.7. The van der Waals surface area contributed by atoms with Crippen LogP contribution in [0.3, 0.4) is 0 Å². The van der Waals surface area contributed by atoms with Crippen LogP contribution in [0.5, 0.6) is 0 Å². The van der Waals surface area contributed by atoms with Crippen LogP contribution < -0.4 is 22.3 Å². The number of nitrogen functional groups attached to an aromatic ring is 2. The van der Waals surface area contributed by atoms with E-state index in [9.17, 15) is 4.79 Å². The number of nitrogens with two attached hydrogens (primary N) is 2. The molecule has 0 aliphatic rings. The molecular weight excluding hydrogens is 502 g/mol. The number of benzene rings is 1. The van der Waals surface area contributed by atoms with Crippen molar-refractivity contribution in [3.8, 4) is 0 Å². The maximum Gasteiger partial charge on any atom is 0.263 e. The fourth-order valence-electron chi connectivity index (χ4n) is 4.69. The second-order valence-corrected chi connectivity index (χ2v) is 9.20. The van der Waals surface area contributed by atoms with Gasteiger partial charge in [-0.25, -0.2) is 15.0 Å². The molecule has 0 spiro atoms. The standard InChI is InChI=1S/C30H29N9O/c1-4-6-10-21(5-2)39-22(13-19-9-7-8-18(3)25(19)30(39)40)14-34-29-26(28(33)35-17-36-29)27(32)20-11-12-24-37-23(31)16-38(24)15-20/h4-13,15-17,32H,2,14,31H2,1,3H3,(H3,33,34,35,36)/b6-4-,21-10+,32-27?. The monoisotopic (exact) mass is 531 g/mol. The molecule has 0 saturated carbocycles. The lowest BCUT2D eigenvalue weighted by atomic mass is 10.0. The van der Waals surface area contributed by atoms with Crippen molar-refractivity contribution in [1.29, 1.82) is 5.41 Å². The first-order valence-corrected chi connectivity index (χ1v) is 12.6. The number of aryl methyl sites for hydroxylation is 1. The van der Waals surface area contributed by atoms with Crippen LogP contribution >= 0.6 is 0 Å². The number of hydrogen-bond donors (Lipinski definition) is 4. The van der Waals surface area contributed by atoms with Crippen LogP contribution in [0, 0.1) is 12.3 Å². The van der Waals surface area contributed by atoms with Crippen molar-refractivity contribution in [3.05, 3.63) is 119 Å². The molecule has 0 aliphatic heterocycles. The van der Waals surface area contributed by atoms with Crippen LogP contribution in [0.1, 0.15) is 29.3 Å². The largest absolute Gasteiger partial charge is 0.383 e. The van der Waals surface area contributed by atoms with Crippen molar-refractivity contribution < 1.29 is 0 Å². The second-order valence-electron chi connectivity index (χ2n) is 9.20. The average molecular weight is 532 g/mol. The predicted molar refractivity (Wildman–Crippen MR) is 162 cm³/mol. The Morgan fingerprint density at radius 2 is 2.00 bits per heavy atom. The topological polar surface area (TPSA) is 153 Å². The van der Waals surface area contributed by atoms with Gasteiger partial charge < -0.3 is 21.2 Å². The van der Waals surface area contributed by atoms with Crippen LogP contribution in [0.15, 0.2) is 90.8 Å². The summed E-state index contributed by atoms with van der Waals surface area (Å²) in [5.41, 5.74) is 15.9.